The van der Waals surface area contributed by atoms with Crippen molar-refractivity contribution in [3.05, 3.63) is 58.1 Å². The van der Waals surface area contributed by atoms with Crippen molar-refractivity contribution in [1.82, 2.24) is 0 Å². The average Bonchev–Trinajstić information content (AvgIpc) is 2.48. The van der Waals surface area contributed by atoms with Gasteiger partial charge in [-0.05, 0) is 23.3 Å². The fraction of sp³-hybridized carbons (Fsp3) is 0.188. The number of carbonyl (C=O) groups is 1. The second kappa shape index (κ2) is 7.13. The number of benzene rings is 2. The Labute approximate surface area is 131 Å². The van der Waals surface area contributed by atoms with Gasteiger partial charge in [0.1, 0.15) is 6.61 Å². The minimum absolute atomic E-state index is 0.0735. The average molecular weight is 351 g/mol. The number of hydrogen-bond donors (Lipinski definition) is 1. The molecule has 0 radical (unpaired) electrons. The first kappa shape index (κ1) is 15.4. The lowest BCUT2D eigenvalue weighted by Crippen LogP contribution is -2.03. The summed E-state index contributed by atoms with van der Waals surface area (Å²) < 4.78 is 11.7. The van der Waals surface area contributed by atoms with E-state index >= 15 is 0 Å². The maximum atomic E-state index is 10.8. The van der Waals surface area contributed by atoms with Crippen molar-refractivity contribution in [3.8, 4) is 11.5 Å². The minimum atomic E-state index is -0.893. The van der Waals surface area contributed by atoms with Gasteiger partial charge < -0.3 is 14.6 Å². The number of methoxy groups -OCH3 is 1. The highest BCUT2D eigenvalue weighted by atomic mass is 79.9. The van der Waals surface area contributed by atoms with E-state index in [1.165, 1.54) is 7.11 Å². The van der Waals surface area contributed by atoms with Gasteiger partial charge >= 0.3 is 5.97 Å². The largest absolute Gasteiger partial charge is 0.493 e. The van der Waals surface area contributed by atoms with Gasteiger partial charge in [-0.15, -0.1) is 0 Å². The fourth-order valence-electron chi connectivity index (χ4n) is 1.88. The summed E-state index contributed by atoms with van der Waals surface area (Å²) in [4.78, 5) is 10.8. The molecule has 0 unspecified atom stereocenters. The zero-order valence-electron chi connectivity index (χ0n) is 11.5. The quantitative estimate of drug-likeness (QED) is 0.863. The summed E-state index contributed by atoms with van der Waals surface area (Å²) in [5, 5.41) is 8.88. The molecule has 0 spiro atoms. The van der Waals surface area contributed by atoms with Crippen LogP contribution in [0.25, 0.3) is 0 Å². The Morgan fingerprint density at radius 3 is 2.52 bits per heavy atom. The van der Waals surface area contributed by atoms with Crippen LogP contribution in [-0.2, 0) is 17.8 Å². The van der Waals surface area contributed by atoms with Gasteiger partial charge in [-0.25, -0.2) is 0 Å². The zero-order chi connectivity index (χ0) is 15.2. The summed E-state index contributed by atoms with van der Waals surface area (Å²) in [5.41, 5.74) is 1.69. The van der Waals surface area contributed by atoms with Crippen LogP contribution in [0.5, 0.6) is 11.5 Å². The second-order valence-corrected chi connectivity index (χ2v) is 5.29. The highest BCUT2D eigenvalue weighted by Gasteiger charge is 2.12. The first-order chi connectivity index (χ1) is 10.1. The van der Waals surface area contributed by atoms with Crippen molar-refractivity contribution in [3.63, 3.8) is 0 Å². The molecule has 5 heteroatoms. The maximum Gasteiger partial charge on any atom is 0.307 e. The van der Waals surface area contributed by atoms with E-state index in [1.807, 2.05) is 30.3 Å². The van der Waals surface area contributed by atoms with Crippen molar-refractivity contribution in [1.29, 1.82) is 0 Å². The number of carboxylic acid groups (broad SMARTS) is 1. The predicted molar refractivity (Wildman–Crippen MR) is 82.8 cm³/mol. The van der Waals surface area contributed by atoms with Crippen LogP contribution in [-0.4, -0.2) is 18.2 Å². The van der Waals surface area contributed by atoms with E-state index in [4.69, 9.17) is 14.6 Å². The molecular weight excluding hydrogens is 336 g/mol. The van der Waals surface area contributed by atoms with Crippen LogP contribution >= 0.6 is 15.9 Å². The topological polar surface area (TPSA) is 55.8 Å². The summed E-state index contributed by atoms with van der Waals surface area (Å²) in [6, 6.07) is 13.2. The highest BCUT2D eigenvalue weighted by Crippen LogP contribution is 2.34. The van der Waals surface area contributed by atoms with E-state index in [9.17, 15) is 4.79 Å². The van der Waals surface area contributed by atoms with E-state index in [2.05, 4.69) is 15.9 Å². The molecule has 0 bridgehead atoms. The molecule has 0 aliphatic heterocycles. The molecule has 0 aliphatic carbocycles. The molecular formula is C16H15BrO4. The van der Waals surface area contributed by atoms with Crippen molar-refractivity contribution in [2.45, 2.75) is 13.0 Å². The van der Waals surface area contributed by atoms with E-state index in [0.29, 0.717) is 28.1 Å². The second-order valence-electron chi connectivity index (χ2n) is 4.44. The van der Waals surface area contributed by atoms with Crippen LogP contribution < -0.4 is 9.47 Å². The number of carboxylic acids is 1. The standard InChI is InChI=1S/C16H15BrO4/c1-20-14-7-12(8-16(18)19)13(17)9-15(14)21-10-11-5-3-2-4-6-11/h2-7,9H,8,10H2,1H3,(H,18,19). The van der Waals surface area contributed by atoms with Gasteiger partial charge in [-0.3, -0.25) is 4.79 Å². The number of hydrogen-bond acceptors (Lipinski definition) is 3. The molecule has 2 rings (SSSR count). The third-order valence-electron chi connectivity index (χ3n) is 2.91. The van der Waals surface area contributed by atoms with Gasteiger partial charge in [0.2, 0.25) is 0 Å². The van der Waals surface area contributed by atoms with E-state index in [-0.39, 0.29) is 6.42 Å². The van der Waals surface area contributed by atoms with Crippen LogP contribution in [0.4, 0.5) is 0 Å². The van der Waals surface area contributed by atoms with Crippen LogP contribution in [0.15, 0.2) is 46.9 Å². The number of rotatable bonds is 6. The molecule has 0 saturated carbocycles. The fourth-order valence-corrected chi connectivity index (χ4v) is 2.35. The Balaban J connectivity index is 2.19. The molecule has 1 N–H and O–H groups in total. The molecule has 2 aromatic carbocycles. The van der Waals surface area contributed by atoms with E-state index < -0.39 is 5.97 Å². The molecule has 0 saturated heterocycles. The van der Waals surface area contributed by atoms with Crippen molar-refractivity contribution >= 4 is 21.9 Å². The third kappa shape index (κ3) is 4.23. The van der Waals surface area contributed by atoms with Crippen molar-refractivity contribution in [2.24, 2.45) is 0 Å². The molecule has 21 heavy (non-hydrogen) atoms. The summed E-state index contributed by atoms with van der Waals surface area (Å²) in [6.07, 6.45) is -0.0735. The van der Waals surface area contributed by atoms with Gasteiger partial charge in [-0.2, -0.15) is 0 Å². The van der Waals surface area contributed by atoms with Gasteiger partial charge in [0.15, 0.2) is 11.5 Å². The molecule has 0 atom stereocenters. The first-order valence-corrected chi connectivity index (χ1v) is 7.14. The molecule has 0 fully saturated rings. The summed E-state index contributed by atoms with van der Waals surface area (Å²) in [6.45, 7) is 0.419. The van der Waals surface area contributed by atoms with Crippen molar-refractivity contribution < 1.29 is 19.4 Å². The number of halogens is 1. The highest BCUT2D eigenvalue weighted by molar-refractivity contribution is 9.10. The van der Waals surface area contributed by atoms with Crippen molar-refractivity contribution in [2.75, 3.05) is 7.11 Å². The van der Waals surface area contributed by atoms with Crippen LogP contribution in [0.1, 0.15) is 11.1 Å². The lowest BCUT2D eigenvalue weighted by Gasteiger charge is -2.13. The summed E-state index contributed by atoms with van der Waals surface area (Å²) in [5.74, 6) is 0.198. The lowest BCUT2D eigenvalue weighted by molar-refractivity contribution is -0.136. The first-order valence-electron chi connectivity index (χ1n) is 6.35. The SMILES string of the molecule is COc1cc(CC(=O)O)c(Br)cc1OCc1ccccc1. The van der Waals surface area contributed by atoms with E-state index in [1.54, 1.807) is 12.1 Å². The Kier molecular flexibility index (Phi) is 5.22. The molecule has 110 valence electrons. The smallest absolute Gasteiger partial charge is 0.307 e. The Hall–Kier alpha value is -2.01. The molecule has 2 aromatic rings. The molecule has 4 nitrogen and oxygen atoms in total. The molecule has 0 amide bonds. The van der Waals surface area contributed by atoms with Gasteiger partial charge in [0.05, 0.1) is 13.5 Å². The number of ether oxygens (including phenoxy) is 2. The summed E-state index contributed by atoms with van der Waals surface area (Å²) >= 11 is 3.37. The van der Waals surface area contributed by atoms with E-state index in [0.717, 1.165) is 5.56 Å². The molecule has 0 aliphatic rings. The minimum Gasteiger partial charge on any atom is -0.493 e. The Morgan fingerprint density at radius 2 is 1.90 bits per heavy atom. The normalized spacial score (nSPS) is 10.2. The number of aliphatic carboxylic acids is 1. The molecule has 0 heterocycles. The third-order valence-corrected chi connectivity index (χ3v) is 3.65. The molecule has 0 aromatic heterocycles. The predicted octanol–water partition coefficient (Wildman–Crippen LogP) is 3.66. The maximum absolute atomic E-state index is 10.8. The Bertz CT molecular complexity index is 626. The monoisotopic (exact) mass is 350 g/mol. The zero-order valence-corrected chi connectivity index (χ0v) is 13.1. The van der Waals surface area contributed by atoms with Gasteiger partial charge in [-0.1, -0.05) is 46.3 Å². The lowest BCUT2D eigenvalue weighted by atomic mass is 10.1. The summed E-state index contributed by atoms with van der Waals surface area (Å²) in [7, 11) is 1.53. The Morgan fingerprint density at radius 1 is 1.19 bits per heavy atom. The van der Waals surface area contributed by atoms with Crippen LogP contribution in [0, 0.1) is 0 Å². The van der Waals surface area contributed by atoms with Crippen LogP contribution in [0.3, 0.4) is 0 Å². The van der Waals surface area contributed by atoms with Gasteiger partial charge in [0, 0.05) is 4.47 Å². The van der Waals surface area contributed by atoms with Crippen LogP contribution in [0.2, 0.25) is 0 Å². The van der Waals surface area contributed by atoms with Gasteiger partial charge in [0.25, 0.3) is 0 Å².